The van der Waals surface area contributed by atoms with Crippen molar-refractivity contribution in [1.82, 2.24) is 10.3 Å². The van der Waals surface area contributed by atoms with Crippen molar-refractivity contribution in [3.05, 3.63) is 41.0 Å². The highest BCUT2D eigenvalue weighted by Gasteiger charge is 2.45. The van der Waals surface area contributed by atoms with E-state index in [1.54, 1.807) is 0 Å². The first-order valence-electron chi connectivity index (χ1n) is 6.33. The second-order valence-corrected chi connectivity index (χ2v) is 6.14. The van der Waals surface area contributed by atoms with Crippen molar-refractivity contribution in [2.45, 2.75) is 32.9 Å². The zero-order chi connectivity index (χ0) is 12.8. The Kier molecular flexibility index (Phi) is 2.80. The summed E-state index contributed by atoms with van der Waals surface area (Å²) in [4.78, 5) is 4.45. The van der Waals surface area contributed by atoms with Crippen molar-refractivity contribution in [3.8, 4) is 0 Å². The van der Waals surface area contributed by atoms with Gasteiger partial charge in [0, 0.05) is 29.2 Å². The van der Waals surface area contributed by atoms with Crippen LogP contribution >= 0.6 is 11.6 Å². The number of hydrogen-bond acceptors (Lipinski definition) is 2. The third kappa shape index (κ3) is 2.11. The summed E-state index contributed by atoms with van der Waals surface area (Å²) in [6.07, 6.45) is 3.08. The smallest absolute Gasteiger partial charge is 0.0761 e. The van der Waals surface area contributed by atoms with E-state index in [1.807, 2.05) is 24.4 Å². The molecule has 0 bridgehead atoms. The molecule has 0 saturated heterocycles. The summed E-state index contributed by atoms with van der Waals surface area (Å²) in [7, 11) is 0. The van der Waals surface area contributed by atoms with Gasteiger partial charge in [0.1, 0.15) is 0 Å². The van der Waals surface area contributed by atoms with Gasteiger partial charge in [0.15, 0.2) is 0 Å². The van der Waals surface area contributed by atoms with Gasteiger partial charge in [-0.25, -0.2) is 0 Å². The Balaban J connectivity index is 1.86. The van der Waals surface area contributed by atoms with E-state index >= 15 is 0 Å². The fourth-order valence-electron chi connectivity index (χ4n) is 2.39. The van der Waals surface area contributed by atoms with Gasteiger partial charge < -0.3 is 5.32 Å². The van der Waals surface area contributed by atoms with Crippen molar-refractivity contribution in [3.63, 3.8) is 0 Å². The monoisotopic (exact) mass is 260 g/mol. The fraction of sp³-hybridized carbons (Fsp3) is 0.400. The minimum absolute atomic E-state index is 0.454. The second-order valence-electron chi connectivity index (χ2n) is 5.73. The summed E-state index contributed by atoms with van der Waals surface area (Å²) >= 11 is 6.19. The Morgan fingerprint density at radius 2 is 2.17 bits per heavy atom. The van der Waals surface area contributed by atoms with E-state index in [2.05, 4.69) is 30.2 Å². The quantitative estimate of drug-likeness (QED) is 0.909. The van der Waals surface area contributed by atoms with Crippen molar-refractivity contribution < 1.29 is 0 Å². The van der Waals surface area contributed by atoms with Crippen LogP contribution in [0.1, 0.15) is 25.8 Å². The first kappa shape index (κ1) is 11.9. The van der Waals surface area contributed by atoms with Crippen LogP contribution in [0, 0.1) is 5.41 Å². The first-order valence-corrected chi connectivity index (χ1v) is 6.71. The summed E-state index contributed by atoms with van der Waals surface area (Å²) in [6.45, 7) is 5.45. The minimum atomic E-state index is 0.454. The van der Waals surface area contributed by atoms with E-state index < -0.39 is 0 Å². The molecular weight excluding hydrogens is 244 g/mol. The van der Waals surface area contributed by atoms with Crippen LogP contribution < -0.4 is 5.32 Å². The van der Waals surface area contributed by atoms with Gasteiger partial charge in [-0.1, -0.05) is 31.5 Å². The number of hydrogen-bond donors (Lipinski definition) is 1. The van der Waals surface area contributed by atoms with Crippen LogP contribution in [0.4, 0.5) is 0 Å². The molecular formula is C15H17ClN2. The summed E-state index contributed by atoms with van der Waals surface area (Å²) < 4.78 is 0. The molecule has 1 aromatic carbocycles. The standard InChI is InChI=1S/C15H17ClN2/c1-15(2)8-13(15)18-9-10-5-6-12(16)11-4-3-7-17-14(10)11/h3-7,13,18H,8-9H2,1-2H3. The molecule has 2 aromatic rings. The molecule has 1 N–H and O–H groups in total. The van der Waals surface area contributed by atoms with E-state index in [-0.39, 0.29) is 0 Å². The van der Waals surface area contributed by atoms with E-state index in [1.165, 1.54) is 12.0 Å². The summed E-state index contributed by atoms with van der Waals surface area (Å²) in [5, 5.41) is 5.40. The lowest BCUT2D eigenvalue weighted by molar-refractivity contribution is 0.543. The summed E-state index contributed by atoms with van der Waals surface area (Å²) in [5.41, 5.74) is 2.68. The average Bonchev–Trinajstić information content (AvgIpc) is 2.97. The summed E-state index contributed by atoms with van der Waals surface area (Å²) in [6, 6.07) is 8.61. The van der Waals surface area contributed by atoms with E-state index in [4.69, 9.17) is 11.6 Å². The van der Waals surface area contributed by atoms with E-state index in [0.29, 0.717) is 11.5 Å². The van der Waals surface area contributed by atoms with Gasteiger partial charge in [0.25, 0.3) is 0 Å². The number of pyridine rings is 1. The van der Waals surface area contributed by atoms with Gasteiger partial charge in [-0.05, 0) is 35.6 Å². The maximum atomic E-state index is 6.19. The molecule has 0 spiro atoms. The summed E-state index contributed by atoms with van der Waals surface area (Å²) in [5.74, 6) is 0. The maximum Gasteiger partial charge on any atom is 0.0761 e. The van der Waals surface area contributed by atoms with Crippen molar-refractivity contribution in [2.75, 3.05) is 0 Å². The fourth-order valence-corrected chi connectivity index (χ4v) is 2.60. The molecule has 3 heteroatoms. The molecule has 1 heterocycles. The lowest BCUT2D eigenvalue weighted by Crippen LogP contribution is -2.20. The van der Waals surface area contributed by atoms with Gasteiger partial charge in [-0.15, -0.1) is 0 Å². The highest BCUT2D eigenvalue weighted by molar-refractivity contribution is 6.35. The first-order chi connectivity index (χ1) is 8.58. The molecule has 3 rings (SSSR count). The Morgan fingerprint density at radius 3 is 2.89 bits per heavy atom. The highest BCUT2D eigenvalue weighted by Crippen LogP contribution is 2.44. The van der Waals surface area contributed by atoms with Crippen LogP contribution in [0.2, 0.25) is 5.02 Å². The number of nitrogens with one attached hydrogen (secondary N) is 1. The zero-order valence-corrected chi connectivity index (χ0v) is 11.5. The van der Waals surface area contributed by atoms with Gasteiger partial charge in [-0.2, -0.15) is 0 Å². The van der Waals surface area contributed by atoms with Crippen molar-refractivity contribution in [2.24, 2.45) is 5.41 Å². The molecule has 18 heavy (non-hydrogen) atoms. The number of nitrogens with zero attached hydrogens (tertiary/aromatic N) is 1. The SMILES string of the molecule is CC1(C)CC1NCc1ccc(Cl)c2cccnc12. The van der Waals surface area contributed by atoms with Gasteiger partial charge in [0.05, 0.1) is 5.52 Å². The normalized spacial score (nSPS) is 21.2. The van der Waals surface area contributed by atoms with Crippen LogP contribution in [-0.2, 0) is 6.54 Å². The highest BCUT2D eigenvalue weighted by atomic mass is 35.5. The van der Waals surface area contributed by atoms with E-state index in [0.717, 1.165) is 22.5 Å². The lowest BCUT2D eigenvalue weighted by atomic mass is 10.1. The van der Waals surface area contributed by atoms with Crippen molar-refractivity contribution in [1.29, 1.82) is 0 Å². The molecule has 94 valence electrons. The predicted octanol–water partition coefficient (Wildman–Crippen LogP) is 3.78. The number of halogens is 1. The Bertz CT molecular complexity index is 592. The van der Waals surface area contributed by atoms with Crippen LogP contribution in [0.15, 0.2) is 30.5 Å². The van der Waals surface area contributed by atoms with Crippen LogP contribution in [0.3, 0.4) is 0 Å². The molecule has 2 nitrogen and oxygen atoms in total. The molecule has 0 aliphatic heterocycles. The van der Waals surface area contributed by atoms with Crippen LogP contribution in [0.25, 0.3) is 10.9 Å². The van der Waals surface area contributed by atoms with Gasteiger partial charge in [-0.3, -0.25) is 4.98 Å². The molecule has 0 radical (unpaired) electrons. The Morgan fingerprint density at radius 1 is 1.39 bits per heavy atom. The third-order valence-corrected chi connectivity index (χ3v) is 4.18. The number of aromatic nitrogens is 1. The van der Waals surface area contributed by atoms with E-state index in [9.17, 15) is 0 Å². The molecule has 0 amide bonds. The molecule has 1 aliphatic rings. The number of benzene rings is 1. The Hall–Kier alpha value is -1.12. The van der Waals surface area contributed by atoms with Crippen LogP contribution in [-0.4, -0.2) is 11.0 Å². The lowest BCUT2D eigenvalue weighted by Gasteiger charge is -2.09. The largest absolute Gasteiger partial charge is 0.309 e. The molecule has 1 fully saturated rings. The van der Waals surface area contributed by atoms with Gasteiger partial charge in [0.2, 0.25) is 0 Å². The Labute approximate surface area is 112 Å². The third-order valence-electron chi connectivity index (χ3n) is 3.85. The minimum Gasteiger partial charge on any atom is -0.309 e. The topological polar surface area (TPSA) is 24.9 Å². The molecule has 1 atom stereocenters. The molecule has 1 saturated carbocycles. The molecule has 1 unspecified atom stereocenters. The predicted molar refractivity (Wildman–Crippen MR) is 75.8 cm³/mol. The van der Waals surface area contributed by atoms with Gasteiger partial charge >= 0.3 is 0 Å². The second kappa shape index (κ2) is 4.22. The molecule has 1 aromatic heterocycles. The number of rotatable bonds is 3. The van der Waals surface area contributed by atoms with Crippen LogP contribution in [0.5, 0.6) is 0 Å². The average molecular weight is 261 g/mol. The maximum absolute atomic E-state index is 6.19. The molecule has 1 aliphatic carbocycles. The number of fused-ring (bicyclic) bond motifs is 1. The zero-order valence-electron chi connectivity index (χ0n) is 10.7. The van der Waals surface area contributed by atoms with Crippen molar-refractivity contribution >= 4 is 22.5 Å².